The van der Waals surface area contributed by atoms with E-state index in [-0.39, 0.29) is 5.75 Å². The molecule has 0 radical (unpaired) electrons. The van der Waals surface area contributed by atoms with E-state index in [1.165, 1.54) is 0 Å². The van der Waals surface area contributed by atoms with Crippen molar-refractivity contribution in [2.45, 2.75) is 11.8 Å². The summed E-state index contributed by atoms with van der Waals surface area (Å²) in [5.41, 5.74) is 3.60. The molecule has 0 unspecified atom stereocenters. The van der Waals surface area contributed by atoms with Crippen molar-refractivity contribution in [1.82, 2.24) is 0 Å². The maximum absolute atomic E-state index is 13.0. The van der Waals surface area contributed by atoms with Gasteiger partial charge in [0.1, 0.15) is 5.75 Å². The number of rotatable bonds is 6. The first-order valence-corrected chi connectivity index (χ1v) is 10.3. The monoisotopic (exact) mass is 378 g/mol. The highest BCUT2D eigenvalue weighted by molar-refractivity contribution is 7.91. The molecule has 0 N–H and O–H groups in total. The molecular formula is C23H22O3S. The third-order valence-corrected chi connectivity index (χ3v) is 6.01. The van der Waals surface area contributed by atoms with Crippen molar-refractivity contribution in [3.05, 3.63) is 95.6 Å². The van der Waals surface area contributed by atoms with Crippen molar-refractivity contribution in [1.29, 1.82) is 0 Å². The average Bonchev–Trinajstić information content (AvgIpc) is 2.69. The zero-order chi connectivity index (χ0) is 19.3. The molecule has 0 aromatic heterocycles. The van der Waals surface area contributed by atoms with Gasteiger partial charge in [-0.25, -0.2) is 8.42 Å². The molecular weight excluding hydrogens is 356 g/mol. The van der Waals surface area contributed by atoms with E-state index < -0.39 is 9.84 Å². The van der Waals surface area contributed by atoms with E-state index in [2.05, 4.69) is 0 Å². The van der Waals surface area contributed by atoms with Crippen LogP contribution in [0.5, 0.6) is 5.75 Å². The molecule has 0 saturated heterocycles. The van der Waals surface area contributed by atoms with Gasteiger partial charge in [-0.15, -0.1) is 0 Å². The van der Waals surface area contributed by atoms with E-state index in [1.807, 2.05) is 79.7 Å². The van der Waals surface area contributed by atoms with E-state index in [0.717, 1.165) is 28.0 Å². The second-order valence-electron chi connectivity index (χ2n) is 6.38. The SMILES string of the molecule is COc1ccc(/C=C(\CS(=O)(=O)c2ccc(C)cc2)c2ccccc2)cc1. The van der Waals surface area contributed by atoms with Crippen molar-refractivity contribution >= 4 is 21.5 Å². The Hall–Kier alpha value is -2.85. The fourth-order valence-electron chi connectivity index (χ4n) is 2.80. The van der Waals surface area contributed by atoms with Crippen LogP contribution >= 0.6 is 0 Å². The van der Waals surface area contributed by atoms with Gasteiger partial charge in [0.05, 0.1) is 17.8 Å². The van der Waals surface area contributed by atoms with Crippen LogP contribution < -0.4 is 4.74 Å². The van der Waals surface area contributed by atoms with Gasteiger partial charge in [-0.1, -0.05) is 66.2 Å². The molecule has 27 heavy (non-hydrogen) atoms. The van der Waals surface area contributed by atoms with E-state index in [0.29, 0.717) is 4.90 Å². The van der Waals surface area contributed by atoms with Gasteiger partial charge in [-0.05, 0) is 47.9 Å². The van der Waals surface area contributed by atoms with Gasteiger partial charge in [0.25, 0.3) is 0 Å². The van der Waals surface area contributed by atoms with Crippen LogP contribution in [0.15, 0.2) is 83.8 Å². The summed E-state index contributed by atoms with van der Waals surface area (Å²) in [4.78, 5) is 0.338. The molecule has 3 rings (SSSR count). The van der Waals surface area contributed by atoms with E-state index >= 15 is 0 Å². The molecule has 0 heterocycles. The van der Waals surface area contributed by atoms with Crippen LogP contribution in [0.2, 0.25) is 0 Å². The summed E-state index contributed by atoms with van der Waals surface area (Å²) in [6.45, 7) is 1.94. The Labute approximate surface area is 160 Å². The zero-order valence-corrected chi connectivity index (χ0v) is 16.2. The van der Waals surface area contributed by atoms with Crippen LogP contribution in [0.25, 0.3) is 11.6 Å². The largest absolute Gasteiger partial charge is 0.497 e. The molecule has 0 atom stereocenters. The van der Waals surface area contributed by atoms with Crippen LogP contribution in [0.4, 0.5) is 0 Å². The Bertz CT molecular complexity index is 1020. The van der Waals surface area contributed by atoms with Gasteiger partial charge >= 0.3 is 0 Å². The first-order chi connectivity index (χ1) is 13.0. The summed E-state index contributed by atoms with van der Waals surface area (Å²) in [5.74, 6) is 0.701. The molecule has 3 aromatic rings. The Morgan fingerprint density at radius 3 is 2.11 bits per heavy atom. The lowest BCUT2D eigenvalue weighted by Gasteiger charge is -2.11. The van der Waals surface area contributed by atoms with Crippen molar-refractivity contribution in [3.63, 3.8) is 0 Å². The normalized spacial score (nSPS) is 12.0. The van der Waals surface area contributed by atoms with Gasteiger partial charge in [0, 0.05) is 0 Å². The smallest absolute Gasteiger partial charge is 0.182 e. The topological polar surface area (TPSA) is 43.4 Å². The van der Waals surface area contributed by atoms with Gasteiger partial charge in [0.2, 0.25) is 0 Å². The van der Waals surface area contributed by atoms with Gasteiger partial charge < -0.3 is 4.74 Å². The Balaban J connectivity index is 1.99. The lowest BCUT2D eigenvalue weighted by Crippen LogP contribution is -2.09. The Morgan fingerprint density at radius 1 is 0.889 bits per heavy atom. The van der Waals surface area contributed by atoms with Crippen molar-refractivity contribution in [3.8, 4) is 5.75 Å². The molecule has 0 amide bonds. The summed E-state index contributed by atoms with van der Waals surface area (Å²) in [6.07, 6.45) is 1.92. The highest BCUT2D eigenvalue weighted by atomic mass is 32.2. The van der Waals surface area contributed by atoms with Gasteiger partial charge in [0.15, 0.2) is 9.84 Å². The molecule has 0 saturated carbocycles. The van der Waals surface area contributed by atoms with E-state index in [9.17, 15) is 8.42 Å². The summed E-state index contributed by atoms with van der Waals surface area (Å²) < 4.78 is 31.1. The first-order valence-electron chi connectivity index (χ1n) is 8.67. The molecule has 0 spiro atoms. The third-order valence-electron chi connectivity index (χ3n) is 4.33. The van der Waals surface area contributed by atoms with Crippen LogP contribution in [0.1, 0.15) is 16.7 Å². The minimum absolute atomic E-state index is 0.0634. The molecule has 0 aliphatic carbocycles. The second-order valence-corrected chi connectivity index (χ2v) is 8.37. The number of benzene rings is 3. The highest BCUT2D eigenvalue weighted by Crippen LogP contribution is 2.24. The quantitative estimate of drug-likeness (QED) is 0.566. The standard InChI is InChI=1S/C23H22O3S/c1-18-8-14-23(15-9-18)27(24,25)17-21(20-6-4-3-5-7-20)16-19-10-12-22(26-2)13-11-19/h3-16H,17H2,1-2H3/b21-16+. The van der Waals surface area contributed by atoms with Crippen LogP contribution in [0.3, 0.4) is 0 Å². The molecule has 0 fully saturated rings. The number of hydrogen-bond donors (Lipinski definition) is 0. The summed E-state index contributed by atoms with van der Waals surface area (Å²) in [7, 11) is -1.83. The van der Waals surface area contributed by atoms with E-state index in [1.54, 1.807) is 19.2 Å². The number of sulfone groups is 1. The molecule has 3 aromatic carbocycles. The predicted molar refractivity (Wildman–Crippen MR) is 111 cm³/mol. The minimum Gasteiger partial charge on any atom is -0.497 e. The van der Waals surface area contributed by atoms with Crippen molar-refractivity contribution in [2.75, 3.05) is 12.9 Å². The van der Waals surface area contributed by atoms with Crippen LogP contribution in [-0.2, 0) is 9.84 Å². The van der Waals surface area contributed by atoms with E-state index in [4.69, 9.17) is 4.74 Å². The third kappa shape index (κ3) is 4.86. The highest BCUT2D eigenvalue weighted by Gasteiger charge is 2.18. The number of aryl methyl sites for hydroxylation is 1. The lowest BCUT2D eigenvalue weighted by molar-refractivity contribution is 0.415. The Kier molecular flexibility index (Phi) is 5.77. The maximum Gasteiger partial charge on any atom is 0.182 e. The van der Waals surface area contributed by atoms with Crippen LogP contribution in [0, 0.1) is 6.92 Å². The maximum atomic E-state index is 13.0. The molecule has 0 aliphatic heterocycles. The number of hydrogen-bond acceptors (Lipinski definition) is 3. The predicted octanol–water partition coefficient (Wildman–Crippen LogP) is 5.02. The zero-order valence-electron chi connectivity index (χ0n) is 15.4. The molecule has 4 heteroatoms. The summed E-state index contributed by atoms with van der Waals surface area (Å²) in [5, 5.41) is 0. The molecule has 0 aliphatic rings. The fourth-order valence-corrected chi connectivity index (χ4v) is 4.17. The van der Waals surface area contributed by atoms with Crippen molar-refractivity contribution < 1.29 is 13.2 Å². The Morgan fingerprint density at radius 2 is 1.52 bits per heavy atom. The molecule has 138 valence electrons. The number of methoxy groups -OCH3 is 1. The molecule has 0 bridgehead atoms. The molecule has 3 nitrogen and oxygen atoms in total. The average molecular weight is 378 g/mol. The first kappa shape index (κ1) is 18.9. The summed E-state index contributed by atoms with van der Waals surface area (Å²) in [6, 6.07) is 24.1. The fraction of sp³-hybridized carbons (Fsp3) is 0.130. The van der Waals surface area contributed by atoms with Crippen LogP contribution in [-0.4, -0.2) is 21.3 Å². The second kappa shape index (κ2) is 8.23. The lowest BCUT2D eigenvalue weighted by atomic mass is 10.0. The minimum atomic E-state index is -3.45. The summed E-state index contributed by atoms with van der Waals surface area (Å²) >= 11 is 0. The number of ether oxygens (including phenoxy) is 1. The van der Waals surface area contributed by atoms with Crippen molar-refractivity contribution in [2.24, 2.45) is 0 Å². The van der Waals surface area contributed by atoms with Gasteiger partial charge in [-0.2, -0.15) is 0 Å². The van der Waals surface area contributed by atoms with Gasteiger partial charge in [-0.3, -0.25) is 0 Å².